The zero-order valence-corrected chi connectivity index (χ0v) is 21.7. The molecule has 2 atom stereocenters. The first-order chi connectivity index (χ1) is 18.5. The van der Waals surface area contributed by atoms with Gasteiger partial charge in [0.2, 0.25) is 0 Å². The minimum absolute atomic E-state index is 0.0356. The molecule has 7 nitrogen and oxygen atoms in total. The summed E-state index contributed by atoms with van der Waals surface area (Å²) in [6.07, 6.45) is -4.82. The number of aromatic nitrogens is 1. The Labute approximate surface area is 225 Å². The molecule has 1 aromatic carbocycles. The van der Waals surface area contributed by atoms with Crippen LogP contribution in [0.25, 0.3) is 0 Å². The lowest BCUT2D eigenvalue weighted by Gasteiger charge is -2.29. The third kappa shape index (κ3) is 8.98. The highest BCUT2D eigenvalue weighted by Gasteiger charge is 2.37. The van der Waals surface area contributed by atoms with Crippen molar-refractivity contribution in [2.45, 2.75) is 76.0 Å². The molecule has 0 radical (unpaired) electrons. The molecule has 2 amide bonds. The van der Waals surface area contributed by atoms with Crippen LogP contribution in [0, 0.1) is 5.82 Å². The van der Waals surface area contributed by atoms with Crippen molar-refractivity contribution >= 4 is 17.6 Å². The number of ether oxygens (including phenoxy) is 1. The summed E-state index contributed by atoms with van der Waals surface area (Å²) in [6, 6.07) is 4.52. The molecule has 2 unspecified atom stereocenters. The molecule has 0 aliphatic heterocycles. The van der Waals surface area contributed by atoms with E-state index in [-0.39, 0.29) is 23.4 Å². The summed E-state index contributed by atoms with van der Waals surface area (Å²) in [5, 5.41) is 7.85. The lowest BCUT2D eigenvalue weighted by atomic mass is 10.0. The number of anilines is 1. The van der Waals surface area contributed by atoms with E-state index < -0.39 is 47.7 Å². The lowest BCUT2D eigenvalue weighted by Crippen LogP contribution is -2.50. The van der Waals surface area contributed by atoms with Crippen LogP contribution in [0.15, 0.2) is 36.5 Å². The third-order valence-corrected chi connectivity index (χ3v) is 6.25. The molecule has 3 N–H and O–H groups in total. The number of benzene rings is 1. The van der Waals surface area contributed by atoms with Gasteiger partial charge in [-0.2, -0.15) is 26.3 Å². The van der Waals surface area contributed by atoms with Gasteiger partial charge in [-0.15, -0.1) is 0 Å². The predicted octanol–water partition coefficient (Wildman–Crippen LogP) is 5.62. The molecular formula is C26H29F7N4O3. The summed E-state index contributed by atoms with van der Waals surface area (Å²) in [5.41, 5.74) is -3.10. The van der Waals surface area contributed by atoms with Gasteiger partial charge in [0.05, 0.1) is 11.1 Å². The van der Waals surface area contributed by atoms with Crippen LogP contribution in [0.4, 0.5) is 36.6 Å². The number of carbonyl (C=O) groups is 2. The molecule has 1 aromatic heterocycles. The summed E-state index contributed by atoms with van der Waals surface area (Å²) in [5.74, 6) is -2.84. The molecular weight excluding hydrogens is 549 g/mol. The number of halogens is 7. The fourth-order valence-electron chi connectivity index (χ4n) is 4.21. The molecule has 0 saturated heterocycles. The van der Waals surface area contributed by atoms with Gasteiger partial charge in [0, 0.05) is 18.3 Å². The van der Waals surface area contributed by atoms with Gasteiger partial charge in [-0.05, 0) is 63.4 Å². The van der Waals surface area contributed by atoms with Crippen LogP contribution in [0.1, 0.15) is 61.9 Å². The Balaban J connectivity index is 1.59. The normalized spacial score (nSPS) is 18.4. The first-order valence-electron chi connectivity index (χ1n) is 12.5. The Morgan fingerprint density at radius 3 is 2.27 bits per heavy atom. The van der Waals surface area contributed by atoms with E-state index in [9.17, 15) is 40.3 Å². The van der Waals surface area contributed by atoms with Crippen LogP contribution < -0.4 is 20.7 Å². The summed E-state index contributed by atoms with van der Waals surface area (Å²) in [7, 11) is 0. The average Bonchev–Trinajstić information content (AvgIpc) is 3.07. The van der Waals surface area contributed by atoms with E-state index in [0.717, 1.165) is 31.5 Å². The van der Waals surface area contributed by atoms with Crippen molar-refractivity contribution in [3.8, 4) is 5.75 Å². The first-order valence-corrected chi connectivity index (χ1v) is 12.5. The van der Waals surface area contributed by atoms with Gasteiger partial charge in [-0.25, -0.2) is 9.37 Å². The molecule has 0 bridgehead atoms. The summed E-state index contributed by atoms with van der Waals surface area (Å²) >= 11 is 0. The van der Waals surface area contributed by atoms with E-state index in [1.54, 1.807) is 5.32 Å². The Bertz CT molecular complexity index is 1180. The van der Waals surface area contributed by atoms with E-state index in [4.69, 9.17) is 4.74 Å². The van der Waals surface area contributed by atoms with Gasteiger partial charge in [-0.3, -0.25) is 9.59 Å². The number of carbonyl (C=O) groups excluding carboxylic acids is 2. The smallest absolute Gasteiger partial charge is 0.419 e. The minimum atomic E-state index is -4.92. The highest BCUT2D eigenvalue weighted by molar-refractivity contribution is 5.94. The third-order valence-electron chi connectivity index (χ3n) is 6.25. The number of hydrogen-bond acceptors (Lipinski definition) is 5. The van der Waals surface area contributed by atoms with Crippen LogP contribution in [0.5, 0.6) is 5.75 Å². The van der Waals surface area contributed by atoms with Gasteiger partial charge in [0.1, 0.15) is 23.9 Å². The van der Waals surface area contributed by atoms with Crippen molar-refractivity contribution in [2.75, 3.05) is 11.9 Å². The number of alkyl halides is 6. The SMILES string of the molecule is CC(C)(Oc1ccc(F)c(C(F)(F)F)c1)C(=O)NC1CCCCC(Nc2ccc(C(=O)NCC(F)(F)F)cn2)C1. The number of nitrogens with one attached hydrogen (secondary N) is 3. The van der Waals surface area contributed by atoms with Gasteiger partial charge in [-0.1, -0.05) is 12.8 Å². The Morgan fingerprint density at radius 2 is 1.68 bits per heavy atom. The topological polar surface area (TPSA) is 92.4 Å². The molecule has 14 heteroatoms. The second-order valence-electron chi connectivity index (χ2n) is 10.0. The average molecular weight is 579 g/mol. The monoisotopic (exact) mass is 578 g/mol. The van der Waals surface area contributed by atoms with Gasteiger partial charge >= 0.3 is 12.4 Å². The molecule has 0 spiro atoms. The summed E-state index contributed by atoms with van der Waals surface area (Å²) < 4.78 is 95.2. The predicted molar refractivity (Wildman–Crippen MR) is 131 cm³/mol. The van der Waals surface area contributed by atoms with Crippen molar-refractivity contribution < 1.29 is 45.1 Å². The number of nitrogens with zero attached hydrogens (tertiary/aromatic N) is 1. The maximum absolute atomic E-state index is 13.6. The number of amides is 2. The fourth-order valence-corrected chi connectivity index (χ4v) is 4.21. The van der Waals surface area contributed by atoms with E-state index in [0.29, 0.717) is 30.8 Å². The Morgan fingerprint density at radius 1 is 1.00 bits per heavy atom. The highest BCUT2D eigenvalue weighted by Crippen LogP contribution is 2.34. The zero-order valence-electron chi connectivity index (χ0n) is 21.7. The second-order valence-corrected chi connectivity index (χ2v) is 10.0. The molecule has 220 valence electrons. The summed E-state index contributed by atoms with van der Waals surface area (Å²) in [4.78, 5) is 29.0. The Hall–Kier alpha value is -3.58. The maximum Gasteiger partial charge on any atom is 0.419 e. The quantitative estimate of drug-likeness (QED) is 0.280. The van der Waals surface area contributed by atoms with Crippen molar-refractivity contribution in [1.29, 1.82) is 0 Å². The highest BCUT2D eigenvalue weighted by atomic mass is 19.4. The number of pyridine rings is 1. The molecule has 1 heterocycles. The van der Waals surface area contributed by atoms with Crippen LogP contribution in [-0.4, -0.2) is 47.2 Å². The van der Waals surface area contributed by atoms with Crippen molar-refractivity contribution in [3.63, 3.8) is 0 Å². The zero-order chi connectivity index (χ0) is 29.7. The van der Waals surface area contributed by atoms with Crippen LogP contribution in [-0.2, 0) is 11.0 Å². The summed E-state index contributed by atoms with van der Waals surface area (Å²) in [6.45, 7) is 1.32. The van der Waals surface area contributed by atoms with Crippen molar-refractivity contribution in [2.24, 2.45) is 0 Å². The van der Waals surface area contributed by atoms with Crippen LogP contribution in [0.3, 0.4) is 0 Å². The second kappa shape index (κ2) is 12.3. The first kappa shape index (κ1) is 31.0. The maximum atomic E-state index is 13.6. The van der Waals surface area contributed by atoms with Crippen LogP contribution in [0.2, 0.25) is 0 Å². The van der Waals surface area contributed by atoms with E-state index in [1.165, 1.54) is 26.0 Å². The number of rotatable bonds is 8. The van der Waals surface area contributed by atoms with Crippen LogP contribution >= 0.6 is 0 Å². The van der Waals surface area contributed by atoms with Crippen molar-refractivity contribution in [3.05, 3.63) is 53.5 Å². The van der Waals surface area contributed by atoms with Gasteiger partial charge < -0.3 is 20.7 Å². The minimum Gasteiger partial charge on any atom is -0.478 e. The fraction of sp³-hybridized carbons (Fsp3) is 0.500. The van der Waals surface area contributed by atoms with E-state index >= 15 is 0 Å². The van der Waals surface area contributed by atoms with Gasteiger partial charge in [0.25, 0.3) is 11.8 Å². The van der Waals surface area contributed by atoms with E-state index in [1.807, 2.05) is 0 Å². The van der Waals surface area contributed by atoms with E-state index in [2.05, 4.69) is 15.6 Å². The Kier molecular flexibility index (Phi) is 9.52. The van der Waals surface area contributed by atoms with Gasteiger partial charge in [0.15, 0.2) is 5.60 Å². The molecule has 1 fully saturated rings. The van der Waals surface area contributed by atoms with Crippen molar-refractivity contribution in [1.82, 2.24) is 15.6 Å². The molecule has 40 heavy (non-hydrogen) atoms. The molecule has 3 rings (SSSR count). The number of hydrogen-bond donors (Lipinski definition) is 3. The molecule has 1 saturated carbocycles. The molecule has 1 aliphatic rings. The lowest BCUT2D eigenvalue weighted by molar-refractivity contribution is -0.140. The largest absolute Gasteiger partial charge is 0.478 e. The molecule has 1 aliphatic carbocycles. The molecule has 2 aromatic rings. The standard InChI is InChI=1S/C26H29F7N4O3/c1-24(2,40-18-8-9-20(27)19(12-18)26(31,32)33)23(39)37-17-6-4-3-5-16(11-17)36-21-10-7-15(13-34-21)22(38)35-14-25(28,29)30/h7-10,12-13,16-17H,3-6,11,14H2,1-2H3,(H,34,36)(H,35,38)(H,37,39).